The van der Waals surface area contributed by atoms with E-state index in [1.807, 2.05) is 38.1 Å². The molecule has 0 aliphatic rings. The Morgan fingerprint density at radius 1 is 1.56 bits per heavy atom. The van der Waals surface area contributed by atoms with Crippen LogP contribution in [0.1, 0.15) is 13.8 Å². The van der Waals surface area contributed by atoms with E-state index in [1.165, 1.54) is 0 Å². The number of nitrogens with two attached hydrogens (primary N) is 1. The Labute approximate surface area is 102 Å². The highest BCUT2D eigenvalue weighted by molar-refractivity contribution is 6.30. The minimum Gasteiger partial charge on any atom is -0.379 e. The lowest BCUT2D eigenvalue weighted by atomic mass is 9.95. The van der Waals surface area contributed by atoms with E-state index in [9.17, 15) is 0 Å². The van der Waals surface area contributed by atoms with Crippen LogP contribution in [0.3, 0.4) is 0 Å². The third kappa shape index (κ3) is 3.11. The van der Waals surface area contributed by atoms with Crippen LogP contribution < -0.4 is 11.1 Å². The van der Waals surface area contributed by atoms with Crippen molar-refractivity contribution in [3.8, 4) is 0 Å². The van der Waals surface area contributed by atoms with Crippen molar-refractivity contribution in [1.29, 1.82) is 0 Å². The second-order valence-corrected chi connectivity index (χ2v) is 4.57. The van der Waals surface area contributed by atoms with Gasteiger partial charge < -0.3 is 15.8 Å². The molecule has 0 spiro atoms. The predicted octanol–water partition coefficient (Wildman–Crippen LogP) is 2.50. The first-order valence-electron chi connectivity index (χ1n) is 5.28. The highest BCUT2D eigenvalue weighted by atomic mass is 35.5. The Hall–Kier alpha value is -0.770. The summed E-state index contributed by atoms with van der Waals surface area (Å²) in [4.78, 5) is 0. The maximum Gasteiger partial charge on any atom is 0.0782 e. The maximum absolute atomic E-state index is 5.93. The molecule has 0 saturated heterocycles. The standard InChI is InChI=1S/C12H19ClN2O/c1-9(16-3)12(2,8-14)15-11-6-4-5-10(13)7-11/h4-7,9,15H,8,14H2,1-3H3. The van der Waals surface area contributed by atoms with Gasteiger partial charge >= 0.3 is 0 Å². The number of nitrogens with one attached hydrogen (secondary N) is 1. The quantitative estimate of drug-likeness (QED) is 0.834. The molecule has 2 atom stereocenters. The van der Waals surface area contributed by atoms with E-state index >= 15 is 0 Å². The summed E-state index contributed by atoms with van der Waals surface area (Å²) in [6, 6.07) is 7.57. The first kappa shape index (κ1) is 13.3. The van der Waals surface area contributed by atoms with Crippen molar-refractivity contribution in [2.75, 3.05) is 19.0 Å². The number of anilines is 1. The van der Waals surface area contributed by atoms with Gasteiger partial charge in [-0.05, 0) is 32.0 Å². The Balaban J connectivity index is 2.84. The zero-order chi connectivity index (χ0) is 12.2. The van der Waals surface area contributed by atoms with E-state index in [2.05, 4.69) is 5.32 Å². The maximum atomic E-state index is 5.93. The summed E-state index contributed by atoms with van der Waals surface area (Å²) in [5.74, 6) is 0. The molecule has 0 heterocycles. The summed E-state index contributed by atoms with van der Waals surface area (Å²) in [7, 11) is 1.68. The topological polar surface area (TPSA) is 47.3 Å². The molecule has 2 unspecified atom stereocenters. The van der Waals surface area contributed by atoms with Crippen molar-refractivity contribution >= 4 is 17.3 Å². The lowest BCUT2D eigenvalue weighted by Gasteiger charge is -2.35. The van der Waals surface area contributed by atoms with Crippen LogP contribution in [0.25, 0.3) is 0 Å². The van der Waals surface area contributed by atoms with Gasteiger partial charge in [0.2, 0.25) is 0 Å². The molecule has 0 aliphatic carbocycles. The number of hydrogen-bond donors (Lipinski definition) is 2. The first-order chi connectivity index (χ1) is 7.51. The summed E-state index contributed by atoms with van der Waals surface area (Å²) in [5.41, 5.74) is 6.44. The van der Waals surface area contributed by atoms with Crippen molar-refractivity contribution in [3.05, 3.63) is 29.3 Å². The summed E-state index contributed by atoms with van der Waals surface area (Å²) in [6.45, 7) is 4.50. The average Bonchev–Trinajstić information content (AvgIpc) is 2.27. The van der Waals surface area contributed by atoms with E-state index in [1.54, 1.807) is 7.11 Å². The molecule has 3 nitrogen and oxygen atoms in total. The number of ether oxygens (including phenoxy) is 1. The van der Waals surface area contributed by atoms with Gasteiger partial charge in [-0.2, -0.15) is 0 Å². The largest absolute Gasteiger partial charge is 0.379 e. The number of rotatable bonds is 5. The van der Waals surface area contributed by atoms with Gasteiger partial charge in [0.15, 0.2) is 0 Å². The first-order valence-corrected chi connectivity index (χ1v) is 5.66. The van der Waals surface area contributed by atoms with Crippen LogP contribution in [0.4, 0.5) is 5.69 Å². The Bertz CT molecular complexity index is 346. The van der Waals surface area contributed by atoms with Crippen LogP contribution in [0.2, 0.25) is 5.02 Å². The molecule has 1 rings (SSSR count). The van der Waals surface area contributed by atoms with Gasteiger partial charge in [0, 0.05) is 24.4 Å². The van der Waals surface area contributed by atoms with Gasteiger partial charge in [-0.15, -0.1) is 0 Å². The van der Waals surface area contributed by atoms with Gasteiger partial charge in [-0.1, -0.05) is 17.7 Å². The number of hydrogen-bond acceptors (Lipinski definition) is 3. The molecule has 0 aliphatic heterocycles. The van der Waals surface area contributed by atoms with Crippen molar-refractivity contribution < 1.29 is 4.74 Å². The van der Waals surface area contributed by atoms with E-state index in [0.29, 0.717) is 11.6 Å². The predicted molar refractivity (Wildman–Crippen MR) is 69.0 cm³/mol. The molecule has 90 valence electrons. The molecule has 3 N–H and O–H groups in total. The van der Waals surface area contributed by atoms with Crippen molar-refractivity contribution in [3.63, 3.8) is 0 Å². The summed E-state index contributed by atoms with van der Waals surface area (Å²) in [6.07, 6.45) is 0.0106. The smallest absolute Gasteiger partial charge is 0.0782 e. The molecular weight excluding hydrogens is 224 g/mol. The van der Waals surface area contributed by atoms with E-state index < -0.39 is 0 Å². The fourth-order valence-electron chi connectivity index (χ4n) is 1.47. The summed E-state index contributed by atoms with van der Waals surface area (Å²) < 4.78 is 5.33. The highest BCUT2D eigenvalue weighted by Crippen LogP contribution is 2.22. The highest BCUT2D eigenvalue weighted by Gasteiger charge is 2.29. The second kappa shape index (κ2) is 5.53. The van der Waals surface area contributed by atoms with Gasteiger partial charge in [0.1, 0.15) is 0 Å². The van der Waals surface area contributed by atoms with Crippen LogP contribution in [0.15, 0.2) is 24.3 Å². The Kier molecular flexibility index (Phi) is 4.59. The minimum atomic E-state index is -0.306. The molecule has 16 heavy (non-hydrogen) atoms. The lowest BCUT2D eigenvalue weighted by molar-refractivity contribution is 0.0688. The normalized spacial score (nSPS) is 16.6. The van der Waals surface area contributed by atoms with E-state index in [-0.39, 0.29) is 11.6 Å². The van der Waals surface area contributed by atoms with Crippen LogP contribution >= 0.6 is 11.6 Å². The molecular formula is C12H19ClN2O. The zero-order valence-corrected chi connectivity index (χ0v) is 10.7. The van der Waals surface area contributed by atoms with Crippen molar-refractivity contribution in [2.24, 2.45) is 5.73 Å². The second-order valence-electron chi connectivity index (χ2n) is 4.13. The van der Waals surface area contributed by atoms with Gasteiger partial charge in [-0.3, -0.25) is 0 Å². The summed E-state index contributed by atoms with van der Waals surface area (Å²) >= 11 is 5.93. The zero-order valence-electron chi connectivity index (χ0n) is 9.96. The van der Waals surface area contributed by atoms with E-state index in [4.69, 9.17) is 22.1 Å². The fourth-order valence-corrected chi connectivity index (χ4v) is 1.66. The molecule has 0 amide bonds. The minimum absolute atomic E-state index is 0.0106. The third-order valence-corrected chi connectivity index (χ3v) is 3.16. The fraction of sp³-hybridized carbons (Fsp3) is 0.500. The van der Waals surface area contributed by atoms with Crippen molar-refractivity contribution in [2.45, 2.75) is 25.5 Å². The molecule has 0 saturated carbocycles. The van der Waals surface area contributed by atoms with Gasteiger partial charge in [-0.25, -0.2) is 0 Å². The monoisotopic (exact) mass is 242 g/mol. The van der Waals surface area contributed by atoms with Gasteiger partial charge in [0.05, 0.1) is 11.6 Å². The lowest BCUT2D eigenvalue weighted by Crippen LogP contribution is -2.51. The van der Waals surface area contributed by atoms with Crippen molar-refractivity contribution in [1.82, 2.24) is 0 Å². The molecule has 4 heteroatoms. The summed E-state index contributed by atoms with van der Waals surface area (Å²) in [5, 5.41) is 4.07. The molecule has 0 radical (unpaired) electrons. The molecule has 1 aromatic carbocycles. The number of halogens is 1. The SMILES string of the molecule is COC(C)C(C)(CN)Nc1cccc(Cl)c1. The number of benzene rings is 1. The molecule has 0 aromatic heterocycles. The van der Waals surface area contributed by atoms with Crippen LogP contribution in [-0.4, -0.2) is 25.3 Å². The van der Waals surface area contributed by atoms with Crippen LogP contribution in [0.5, 0.6) is 0 Å². The average molecular weight is 243 g/mol. The molecule has 0 fully saturated rings. The Morgan fingerprint density at radius 3 is 2.75 bits per heavy atom. The van der Waals surface area contributed by atoms with Gasteiger partial charge in [0.25, 0.3) is 0 Å². The number of methoxy groups -OCH3 is 1. The van der Waals surface area contributed by atoms with Crippen LogP contribution in [-0.2, 0) is 4.74 Å². The Morgan fingerprint density at radius 2 is 2.25 bits per heavy atom. The molecule has 0 bridgehead atoms. The molecule has 1 aromatic rings. The third-order valence-electron chi connectivity index (χ3n) is 2.93. The van der Waals surface area contributed by atoms with Crippen LogP contribution in [0, 0.1) is 0 Å². The van der Waals surface area contributed by atoms with E-state index in [0.717, 1.165) is 5.69 Å².